The lowest BCUT2D eigenvalue weighted by molar-refractivity contribution is 0.686. The van der Waals surface area contributed by atoms with Crippen LogP contribution >= 0.6 is 0 Å². The van der Waals surface area contributed by atoms with Gasteiger partial charge >= 0.3 is 0 Å². The maximum atomic E-state index is 4.67. The van der Waals surface area contributed by atoms with Gasteiger partial charge in [0.15, 0.2) is 0 Å². The zero-order chi connectivity index (χ0) is 13.9. The Balaban J connectivity index is 1.96. The highest BCUT2D eigenvalue weighted by Gasteiger charge is 2.14. The summed E-state index contributed by atoms with van der Waals surface area (Å²) in [6.07, 6.45) is 8.30. The Bertz CT molecular complexity index is 598. The molecule has 3 heteroatoms. The van der Waals surface area contributed by atoms with Crippen molar-refractivity contribution in [2.45, 2.75) is 32.1 Å². The quantitative estimate of drug-likeness (QED) is 0.925. The topological polar surface area (TPSA) is 29.9 Å². The molecular weight excluding hydrogens is 246 g/mol. The van der Waals surface area contributed by atoms with E-state index in [9.17, 15) is 0 Å². The first-order valence-electron chi connectivity index (χ1n) is 7.57. The van der Waals surface area contributed by atoms with E-state index < -0.39 is 0 Å². The number of fused-ring (bicyclic) bond motifs is 1. The summed E-state index contributed by atoms with van der Waals surface area (Å²) >= 11 is 0. The summed E-state index contributed by atoms with van der Waals surface area (Å²) in [7, 11) is 4.00. The van der Waals surface area contributed by atoms with Crippen LogP contribution < -0.4 is 5.32 Å². The molecule has 1 N–H and O–H groups in total. The zero-order valence-corrected chi connectivity index (χ0v) is 12.4. The minimum Gasteiger partial charge on any atom is -0.319 e. The lowest BCUT2D eigenvalue weighted by Crippen LogP contribution is -2.10. The van der Waals surface area contributed by atoms with Crippen LogP contribution in [0.5, 0.6) is 0 Å². The highest BCUT2D eigenvalue weighted by Crippen LogP contribution is 2.28. The van der Waals surface area contributed by atoms with E-state index in [1.165, 1.54) is 47.9 Å². The maximum Gasteiger partial charge on any atom is 0.0955 e. The summed E-state index contributed by atoms with van der Waals surface area (Å²) in [5, 5.41) is 7.89. The molecule has 2 aromatic rings. The molecule has 0 radical (unpaired) electrons. The number of hydrogen-bond donors (Lipinski definition) is 1. The SMILES string of the molecule is CNCCc1cn(C)nc1-c1ccc2c(c1)CCCC2. The van der Waals surface area contributed by atoms with E-state index in [4.69, 9.17) is 0 Å². The minimum atomic E-state index is 0.990. The van der Waals surface area contributed by atoms with Gasteiger partial charge in [-0.25, -0.2) is 0 Å². The first-order valence-corrected chi connectivity index (χ1v) is 7.57. The van der Waals surface area contributed by atoms with Gasteiger partial charge in [0.2, 0.25) is 0 Å². The van der Waals surface area contributed by atoms with Gasteiger partial charge in [0.1, 0.15) is 0 Å². The highest BCUT2D eigenvalue weighted by atomic mass is 15.2. The third kappa shape index (κ3) is 2.63. The standard InChI is InChI=1S/C17H23N3/c1-18-10-9-16-12-20(2)19-17(16)15-8-7-13-5-3-4-6-14(13)11-15/h7-8,11-12,18H,3-6,9-10H2,1-2H3. The van der Waals surface area contributed by atoms with Gasteiger partial charge in [-0.1, -0.05) is 12.1 Å². The molecule has 0 saturated heterocycles. The van der Waals surface area contributed by atoms with Crippen molar-refractivity contribution in [1.82, 2.24) is 15.1 Å². The molecule has 0 unspecified atom stereocenters. The van der Waals surface area contributed by atoms with Crippen molar-refractivity contribution in [2.75, 3.05) is 13.6 Å². The average Bonchev–Trinajstić information content (AvgIpc) is 2.85. The van der Waals surface area contributed by atoms with Crippen LogP contribution in [0, 0.1) is 0 Å². The van der Waals surface area contributed by atoms with E-state index >= 15 is 0 Å². The van der Waals surface area contributed by atoms with Crippen LogP contribution in [0.1, 0.15) is 29.5 Å². The van der Waals surface area contributed by atoms with Crippen molar-refractivity contribution in [3.05, 3.63) is 41.1 Å². The number of benzene rings is 1. The summed E-state index contributed by atoms with van der Waals surface area (Å²) in [6.45, 7) is 0.990. The monoisotopic (exact) mass is 269 g/mol. The number of nitrogens with one attached hydrogen (secondary N) is 1. The van der Waals surface area contributed by atoms with E-state index in [0.717, 1.165) is 18.7 Å². The first kappa shape index (κ1) is 13.4. The maximum absolute atomic E-state index is 4.67. The van der Waals surface area contributed by atoms with Crippen molar-refractivity contribution in [3.63, 3.8) is 0 Å². The molecule has 106 valence electrons. The molecular formula is C17H23N3. The van der Waals surface area contributed by atoms with Gasteiger partial charge in [0, 0.05) is 18.8 Å². The van der Waals surface area contributed by atoms with Gasteiger partial charge in [0.05, 0.1) is 5.69 Å². The number of aryl methyl sites for hydroxylation is 3. The molecule has 0 fully saturated rings. The fraction of sp³-hybridized carbons (Fsp3) is 0.471. The lowest BCUT2D eigenvalue weighted by atomic mass is 9.89. The van der Waals surface area contributed by atoms with Gasteiger partial charge in [0.25, 0.3) is 0 Å². The van der Waals surface area contributed by atoms with Crippen molar-refractivity contribution < 1.29 is 0 Å². The van der Waals surface area contributed by atoms with Gasteiger partial charge in [-0.3, -0.25) is 4.68 Å². The second-order valence-corrected chi connectivity index (χ2v) is 5.72. The Hall–Kier alpha value is -1.61. The number of aromatic nitrogens is 2. The van der Waals surface area contributed by atoms with Gasteiger partial charge in [-0.2, -0.15) is 5.10 Å². The second kappa shape index (κ2) is 5.80. The Morgan fingerprint density at radius 1 is 1.20 bits per heavy atom. The Morgan fingerprint density at radius 2 is 2.00 bits per heavy atom. The normalized spacial score (nSPS) is 14.3. The predicted octanol–water partition coefficient (Wildman–Crippen LogP) is 2.73. The molecule has 3 nitrogen and oxygen atoms in total. The van der Waals surface area contributed by atoms with Gasteiger partial charge in [-0.15, -0.1) is 0 Å². The Kier molecular flexibility index (Phi) is 3.88. The van der Waals surface area contributed by atoms with Crippen LogP contribution in [-0.4, -0.2) is 23.4 Å². The molecule has 1 aromatic carbocycles. The number of nitrogens with zero attached hydrogens (tertiary/aromatic N) is 2. The molecule has 1 aromatic heterocycles. The molecule has 0 saturated carbocycles. The molecule has 1 heterocycles. The molecule has 0 aliphatic heterocycles. The van der Waals surface area contributed by atoms with E-state index in [-0.39, 0.29) is 0 Å². The molecule has 1 aliphatic carbocycles. The summed E-state index contributed by atoms with van der Waals surface area (Å²) in [5.74, 6) is 0. The van der Waals surface area contributed by atoms with Crippen LogP contribution in [-0.2, 0) is 26.3 Å². The lowest BCUT2D eigenvalue weighted by Gasteiger charge is -2.16. The minimum absolute atomic E-state index is 0.990. The van der Waals surface area contributed by atoms with Crippen molar-refractivity contribution >= 4 is 0 Å². The van der Waals surface area contributed by atoms with Crippen LogP contribution in [0.3, 0.4) is 0 Å². The van der Waals surface area contributed by atoms with Crippen molar-refractivity contribution in [2.24, 2.45) is 7.05 Å². The van der Waals surface area contributed by atoms with E-state index in [1.807, 2.05) is 18.8 Å². The predicted molar refractivity (Wildman–Crippen MR) is 82.9 cm³/mol. The molecule has 0 bridgehead atoms. The Labute approximate surface area is 121 Å². The number of hydrogen-bond acceptors (Lipinski definition) is 2. The fourth-order valence-electron chi connectivity index (χ4n) is 3.10. The smallest absolute Gasteiger partial charge is 0.0955 e. The van der Waals surface area contributed by atoms with Crippen LogP contribution in [0.25, 0.3) is 11.3 Å². The second-order valence-electron chi connectivity index (χ2n) is 5.72. The summed E-state index contributed by atoms with van der Waals surface area (Å²) in [5.41, 5.74) is 6.82. The molecule has 20 heavy (non-hydrogen) atoms. The van der Waals surface area contributed by atoms with Crippen molar-refractivity contribution in [3.8, 4) is 11.3 Å². The third-order valence-electron chi connectivity index (χ3n) is 4.17. The average molecular weight is 269 g/mol. The van der Waals surface area contributed by atoms with Crippen LogP contribution in [0.2, 0.25) is 0 Å². The van der Waals surface area contributed by atoms with Crippen LogP contribution in [0.15, 0.2) is 24.4 Å². The van der Waals surface area contributed by atoms with Crippen molar-refractivity contribution in [1.29, 1.82) is 0 Å². The molecule has 1 aliphatic rings. The van der Waals surface area contributed by atoms with E-state index in [0.29, 0.717) is 0 Å². The molecule has 0 spiro atoms. The fourth-order valence-corrected chi connectivity index (χ4v) is 3.10. The number of likely N-dealkylation sites (N-methyl/N-ethyl adjacent to an activating group) is 1. The highest BCUT2D eigenvalue weighted by molar-refractivity contribution is 5.64. The molecule has 3 rings (SSSR count). The van der Waals surface area contributed by atoms with Crippen LogP contribution in [0.4, 0.5) is 0 Å². The van der Waals surface area contributed by atoms with Gasteiger partial charge in [-0.05, 0) is 68.5 Å². The summed E-state index contributed by atoms with van der Waals surface area (Å²) < 4.78 is 1.93. The Morgan fingerprint density at radius 3 is 2.80 bits per heavy atom. The first-order chi connectivity index (χ1) is 9.78. The number of rotatable bonds is 4. The zero-order valence-electron chi connectivity index (χ0n) is 12.4. The van der Waals surface area contributed by atoms with E-state index in [2.05, 4.69) is 34.8 Å². The molecule has 0 atom stereocenters. The van der Waals surface area contributed by atoms with Gasteiger partial charge < -0.3 is 5.32 Å². The largest absolute Gasteiger partial charge is 0.319 e. The molecule has 0 amide bonds. The summed E-state index contributed by atoms with van der Waals surface area (Å²) in [4.78, 5) is 0. The van der Waals surface area contributed by atoms with E-state index in [1.54, 1.807) is 0 Å². The summed E-state index contributed by atoms with van der Waals surface area (Å²) in [6, 6.07) is 6.91. The third-order valence-corrected chi connectivity index (χ3v) is 4.17.